The van der Waals surface area contributed by atoms with Crippen LogP contribution in [0, 0.1) is 0 Å². The fourth-order valence-corrected chi connectivity index (χ4v) is 2.79. The molecule has 1 amide bonds. The zero-order valence-corrected chi connectivity index (χ0v) is 11.3. The quantitative estimate of drug-likeness (QED) is 0.911. The van der Waals surface area contributed by atoms with E-state index in [0.29, 0.717) is 17.5 Å². The first-order valence-corrected chi connectivity index (χ1v) is 7.30. The van der Waals surface area contributed by atoms with Crippen molar-refractivity contribution in [3.05, 3.63) is 40.9 Å². The highest BCUT2D eigenvalue weighted by Crippen LogP contribution is 2.42. The zero-order chi connectivity index (χ0) is 13.1. The Morgan fingerprint density at radius 3 is 2.79 bits per heavy atom. The van der Waals surface area contributed by atoms with Crippen LogP contribution >= 0.6 is 11.3 Å². The number of hydrogen-bond acceptors (Lipinski definition) is 4. The van der Waals surface area contributed by atoms with Crippen LogP contribution in [-0.2, 0) is 11.2 Å². The van der Waals surface area contributed by atoms with Crippen LogP contribution in [0.3, 0.4) is 0 Å². The third-order valence-electron chi connectivity index (χ3n) is 3.10. The van der Waals surface area contributed by atoms with Gasteiger partial charge in [0.05, 0.1) is 0 Å². The van der Waals surface area contributed by atoms with Crippen LogP contribution in [0.2, 0.25) is 0 Å². The molecule has 0 radical (unpaired) electrons. The van der Waals surface area contributed by atoms with E-state index >= 15 is 0 Å². The van der Waals surface area contributed by atoms with Gasteiger partial charge in [0.15, 0.2) is 0 Å². The third kappa shape index (κ3) is 3.38. The Morgan fingerprint density at radius 2 is 2.05 bits per heavy atom. The third-order valence-corrected chi connectivity index (χ3v) is 4.10. The molecule has 1 aromatic carbocycles. The van der Waals surface area contributed by atoms with Crippen LogP contribution in [0.4, 0.5) is 5.13 Å². The van der Waals surface area contributed by atoms with Crippen molar-refractivity contribution in [3.8, 4) is 0 Å². The number of aryl methyl sites for hydroxylation is 1. The normalized spacial score (nSPS) is 14.3. The van der Waals surface area contributed by atoms with Gasteiger partial charge >= 0.3 is 0 Å². The van der Waals surface area contributed by atoms with Crippen LogP contribution in [0.5, 0.6) is 0 Å². The lowest BCUT2D eigenvalue weighted by Crippen LogP contribution is -2.12. The SMILES string of the molecule is O=C(CCc1ccccc1)Nc1nnc(C2CC2)s1. The van der Waals surface area contributed by atoms with Crippen LogP contribution in [0.1, 0.15) is 35.8 Å². The van der Waals surface area contributed by atoms with Crippen LogP contribution in [0.25, 0.3) is 0 Å². The van der Waals surface area contributed by atoms with E-state index in [9.17, 15) is 4.79 Å². The highest BCUT2D eigenvalue weighted by molar-refractivity contribution is 7.15. The van der Waals surface area contributed by atoms with E-state index in [2.05, 4.69) is 15.5 Å². The fraction of sp³-hybridized carbons (Fsp3) is 0.357. The lowest BCUT2D eigenvalue weighted by Gasteiger charge is -2.01. The van der Waals surface area contributed by atoms with Gasteiger partial charge in [0, 0.05) is 12.3 Å². The summed E-state index contributed by atoms with van der Waals surface area (Å²) in [5.74, 6) is 0.592. The van der Waals surface area contributed by atoms with Gasteiger partial charge in [0.25, 0.3) is 0 Å². The number of carbonyl (C=O) groups excluding carboxylic acids is 1. The summed E-state index contributed by atoms with van der Waals surface area (Å²) >= 11 is 1.50. The standard InChI is InChI=1S/C14H15N3OS/c18-12(9-6-10-4-2-1-3-5-10)15-14-17-16-13(19-14)11-7-8-11/h1-5,11H,6-9H2,(H,15,17,18). The summed E-state index contributed by atoms with van der Waals surface area (Å²) in [4.78, 5) is 11.8. The average Bonchev–Trinajstić information content (AvgIpc) is 3.19. The highest BCUT2D eigenvalue weighted by atomic mass is 32.1. The molecule has 1 saturated carbocycles. The summed E-state index contributed by atoms with van der Waals surface area (Å²) in [6.07, 6.45) is 3.64. The molecule has 1 aliphatic rings. The molecule has 0 unspecified atom stereocenters. The van der Waals surface area contributed by atoms with Gasteiger partial charge in [-0.1, -0.05) is 41.7 Å². The molecule has 0 saturated heterocycles. The molecule has 98 valence electrons. The van der Waals surface area contributed by atoms with Crippen LogP contribution < -0.4 is 5.32 Å². The van der Waals surface area contributed by atoms with Gasteiger partial charge < -0.3 is 5.32 Å². The first-order chi connectivity index (χ1) is 9.31. The number of aromatic nitrogens is 2. The van der Waals surface area contributed by atoms with Crippen molar-refractivity contribution in [1.29, 1.82) is 0 Å². The Balaban J connectivity index is 1.50. The Labute approximate surface area is 115 Å². The van der Waals surface area contributed by atoms with Crippen LogP contribution in [0.15, 0.2) is 30.3 Å². The second-order valence-corrected chi connectivity index (χ2v) is 5.76. The molecule has 3 rings (SSSR count). The zero-order valence-electron chi connectivity index (χ0n) is 10.5. The van der Waals surface area contributed by atoms with Gasteiger partial charge in [-0.05, 0) is 24.8 Å². The van der Waals surface area contributed by atoms with Crippen molar-refractivity contribution in [1.82, 2.24) is 10.2 Å². The lowest BCUT2D eigenvalue weighted by atomic mass is 10.1. The molecule has 0 spiro atoms. The maximum atomic E-state index is 11.8. The topological polar surface area (TPSA) is 54.9 Å². The highest BCUT2D eigenvalue weighted by Gasteiger charge is 2.27. The van der Waals surface area contributed by atoms with Crippen LogP contribution in [-0.4, -0.2) is 16.1 Å². The van der Waals surface area contributed by atoms with Gasteiger partial charge in [0.1, 0.15) is 5.01 Å². The second-order valence-electron chi connectivity index (χ2n) is 4.75. The minimum Gasteiger partial charge on any atom is -0.301 e. The van der Waals surface area contributed by atoms with E-state index in [0.717, 1.165) is 11.4 Å². The van der Waals surface area contributed by atoms with Crippen molar-refractivity contribution in [2.45, 2.75) is 31.6 Å². The molecule has 1 N–H and O–H groups in total. The fourth-order valence-electron chi connectivity index (χ4n) is 1.86. The van der Waals surface area contributed by atoms with Gasteiger partial charge in [-0.3, -0.25) is 4.79 Å². The van der Waals surface area contributed by atoms with Gasteiger partial charge in [0.2, 0.25) is 11.0 Å². The predicted octanol–water partition coefficient (Wildman–Crippen LogP) is 2.99. The summed E-state index contributed by atoms with van der Waals surface area (Å²) < 4.78 is 0. The second kappa shape index (κ2) is 5.48. The molecular formula is C14H15N3OS. The summed E-state index contributed by atoms with van der Waals surface area (Å²) in [6, 6.07) is 10.0. The molecule has 1 aromatic heterocycles. The monoisotopic (exact) mass is 273 g/mol. The van der Waals surface area contributed by atoms with Gasteiger partial charge in [-0.25, -0.2) is 0 Å². The van der Waals surface area contributed by atoms with Crippen molar-refractivity contribution in [2.75, 3.05) is 5.32 Å². The predicted molar refractivity (Wildman–Crippen MR) is 75.3 cm³/mol. The minimum absolute atomic E-state index is 0.00218. The van der Waals surface area contributed by atoms with Crippen molar-refractivity contribution in [3.63, 3.8) is 0 Å². The molecule has 1 aliphatic carbocycles. The summed E-state index contributed by atoms with van der Waals surface area (Å²) in [5, 5.41) is 12.6. The average molecular weight is 273 g/mol. The number of nitrogens with one attached hydrogen (secondary N) is 1. The molecule has 1 fully saturated rings. The molecule has 0 atom stereocenters. The van der Waals surface area contributed by atoms with Gasteiger partial charge in [-0.15, -0.1) is 10.2 Å². The molecule has 1 heterocycles. The Hall–Kier alpha value is -1.75. The summed E-state index contributed by atoms with van der Waals surface area (Å²) in [7, 11) is 0. The number of anilines is 1. The Morgan fingerprint density at radius 1 is 1.26 bits per heavy atom. The number of hydrogen-bond donors (Lipinski definition) is 1. The maximum Gasteiger partial charge on any atom is 0.226 e. The van der Waals surface area contributed by atoms with E-state index in [-0.39, 0.29) is 5.91 Å². The first-order valence-electron chi connectivity index (χ1n) is 6.48. The van der Waals surface area contributed by atoms with E-state index in [4.69, 9.17) is 0 Å². The van der Waals surface area contributed by atoms with E-state index < -0.39 is 0 Å². The number of rotatable bonds is 5. The Bertz CT molecular complexity index is 563. The number of nitrogens with zero attached hydrogens (tertiary/aromatic N) is 2. The summed E-state index contributed by atoms with van der Waals surface area (Å²) in [6.45, 7) is 0. The number of benzene rings is 1. The molecule has 19 heavy (non-hydrogen) atoms. The molecule has 0 aliphatic heterocycles. The molecule has 4 nitrogen and oxygen atoms in total. The number of amides is 1. The molecular weight excluding hydrogens is 258 g/mol. The maximum absolute atomic E-state index is 11.8. The molecule has 2 aromatic rings. The minimum atomic E-state index is 0.00218. The van der Waals surface area contributed by atoms with Crippen molar-refractivity contribution < 1.29 is 4.79 Å². The smallest absolute Gasteiger partial charge is 0.226 e. The molecule has 5 heteroatoms. The van der Waals surface area contributed by atoms with Crippen molar-refractivity contribution >= 4 is 22.4 Å². The summed E-state index contributed by atoms with van der Waals surface area (Å²) in [5.41, 5.74) is 1.17. The van der Waals surface area contributed by atoms with E-state index in [1.807, 2.05) is 30.3 Å². The van der Waals surface area contributed by atoms with E-state index in [1.54, 1.807) is 0 Å². The lowest BCUT2D eigenvalue weighted by molar-refractivity contribution is -0.116. The largest absolute Gasteiger partial charge is 0.301 e. The number of carbonyl (C=O) groups is 1. The van der Waals surface area contributed by atoms with E-state index in [1.165, 1.54) is 29.7 Å². The van der Waals surface area contributed by atoms with Crippen molar-refractivity contribution in [2.24, 2.45) is 0 Å². The Kier molecular flexibility index (Phi) is 3.55. The molecule has 0 bridgehead atoms. The van der Waals surface area contributed by atoms with Gasteiger partial charge in [-0.2, -0.15) is 0 Å². The first kappa shape index (κ1) is 12.3.